The predicted molar refractivity (Wildman–Crippen MR) is 81.5 cm³/mol. The summed E-state index contributed by atoms with van der Waals surface area (Å²) in [5.41, 5.74) is 12.3. The number of rotatable bonds is 2. The van der Waals surface area contributed by atoms with E-state index in [1.54, 1.807) is 18.5 Å². The first-order valence-electron chi connectivity index (χ1n) is 6.43. The van der Waals surface area contributed by atoms with Gasteiger partial charge in [-0.2, -0.15) is 5.26 Å². The number of nitriles is 1. The number of nitrogens with two attached hydrogens (primary N) is 1. The van der Waals surface area contributed by atoms with Crippen LogP contribution in [0.2, 0.25) is 0 Å². The first kappa shape index (κ1) is 13.8. The van der Waals surface area contributed by atoms with Crippen molar-refractivity contribution >= 4 is 11.3 Å². The summed E-state index contributed by atoms with van der Waals surface area (Å²) in [7, 11) is 0. The normalized spacial score (nSPS) is 11.7. The molecule has 100 valence electrons. The standard InChI is InChI=1S/C17H17N3/c1-11-7-12(2)16(13(3)8-11)17(19)15(9-18)14-5-4-6-20-10-14/h4-8,10H,19H2,1-3H3/b17-15+. The zero-order valence-corrected chi connectivity index (χ0v) is 11.9. The lowest BCUT2D eigenvalue weighted by Gasteiger charge is -2.13. The van der Waals surface area contributed by atoms with Gasteiger partial charge in [-0.15, -0.1) is 0 Å². The Morgan fingerprint density at radius 2 is 1.85 bits per heavy atom. The van der Waals surface area contributed by atoms with Crippen LogP contribution >= 0.6 is 0 Å². The third kappa shape index (κ3) is 2.55. The van der Waals surface area contributed by atoms with Crippen LogP contribution in [0.5, 0.6) is 0 Å². The van der Waals surface area contributed by atoms with E-state index in [1.165, 1.54) is 5.56 Å². The van der Waals surface area contributed by atoms with Crippen molar-refractivity contribution in [2.75, 3.05) is 0 Å². The topological polar surface area (TPSA) is 62.7 Å². The van der Waals surface area contributed by atoms with E-state index in [1.807, 2.05) is 19.9 Å². The minimum atomic E-state index is 0.466. The maximum absolute atomic E-state index is 9.43. The summed E-state index contributed by atoms with van der Waals surface area (Å²) in [5.74, 6) is 0. The Labute approximate surface area is 119 Å². The fourth-order valence-electron chi connectivity index (χ4n) is 2.52. The largest absolute Gasteiger partial charge is 0.397 e. The SMILES string of the molecule is Cc1cc(C)c(/C(N)=C(/C#N)c2cccnc2)c(C)c1. The van der Waals surface area contributed by atoms with E-state index in [0.717, 1.165) is 22.3 Å². The lowest BCUT2D eigenvalue weighted by molar-refractivity contribution is 1.27. The number of hydrogen-bond acceptors (Lipinski definition) is 3. The molecular weight excluding hydrogens is 246 g/mol. The van der Waals surface area contributed by atoms with Gasteiger partial charge < -0.3 is 5.73 Å². The maximum Gasteiger partial charge on any atom is 0.102 e. The van der Waals surface area contributed by atoms with E-state index in [2.05, 4.69) is 30.1 Å². The average Bonchev–Trinajstić information content (AvgIpc) is 2.39. The van der Waals surface area contributed by atoms with Crippen molar-refractivity contribution in [3.63, 3.8) is 0 Å². The monoisotopic (exact) mass is 263 g/mol. The highest BCUT2D eigenvalue weighted by molar-refractivity contribution is 5.97. The van der Waals surface area contributed by atoms with Crippen LogP contribution in [0.15, 0.2) is 36.7 Å². The van der Waals surface area contributed by atoms with Crippen molar-refractivity contribution in [3.8, 4) is 6.07 Å². The summed E-state index contributed by atoms with van der Waals surface area (Å²) >= 11 is 0. The van der Waals surface area contributed by atoms with Gasteiger partial charge in [-0.05, 0) is 38.0 Å². The van der Waals surface area contributed by atoms with Gasteiger partial charge in [0.15, 0.2) is 0 Å². The number of pyridine rings is 1. The molecule has 0 spiro atoms. The number of benzene rings is 1. The molecule has 0 amide bonds. The summed E-state index contributed by atoms with van der Waals surface area (Å²) in [6.07, 6.45) is 3.33. The molecule has 2 rings (SSSR count). The fourth-order valence-corrected chi connectivity index (χ4v) is 2.52. The molecule has 3 heteroatoms. The molecule has 0 aliphatic carbocycles. The van der Waals surface area contributed by atoms with Crippen molar-refractivity contribution in [1.82, 2.24) is 4.98 Å². The molecule has 0 saturated heterocycles. The van der Waals surface area contributed by atoms with Gasteiger partial charge in [0.25, 0.3) is 0 Å². The molecular formula is C17H17N3. The van der Waals surface area contributed by atoms with Crippen LogP contribution < -0.4 is 5.73 Å². The fraction of sp³-hybridized carbons (Fsp3) is 0.176. The van der Waals surface area contributed by atoms with Crippen LogP contribution in [0.3, 0.4) is 0 Å². The summed E-state index contributed by atoms with van der Waals surface area (Å²) in [6, 6.07) is 10.00. The number of nitrogens with zero attached hydrogens (tertiary/aromatic N) is 2. The predicted octanol–water partition coefficient (Wildman–Crippen LogP) is 3.36. The molecule has 0 saturated carbocycles. The van der Waals surface area contributed by atoms with Gasteiger partial charge in [0.1, 0.15) is 6.07 Å². The highest BCUT2D eigenvalue weighted by atomic mass is 14.6. The maximum atomic E-state index is 9.43. The van der Waals surface area contributed by atoms with Gasteiger partial charge in [0.05, 0.1) is 11.3 Å². The molecule has 1 aromatic carbocycles. The van der Waals surface area contributed by atoms with E-state index in [0.29, 0.717) is 11.3 Å². The van der Waals surface area contributed by atoms with Crippen molar-refractivity contribution < 1.29 is 0 Å². The second-order valence-corrected chi connectivity index (χ2v) is 4.92. The molecule has 0 aliphatic rings. The van der Waals surface area contributed by atoms with Crippen LogP contribution in [-0.2, 0) is 0 Å². The Balaban J connectivity index is 2.68. The Hall–Kier alpha value is -2.60. The lowest BCUT2D eigenvalue weighted by atomic mass is 9.93. The summed E-state index contributed by atoms with van der Waals surface area (Å²) in [4.78, 5) is 4.05. The summed E-state index contributed by atoms with van der Waals surface area (Å²) in [6.45, 7) is 6.08. The Kier molecular flexibility index (Phi) is 3.86. The molecule has 1 heterocycles. The van der Waals surface area contributed by atoms with Crippen molar-refractivity contribution in [3.05, 3.63) is 64.5 Å². The lowest BCUT2D eigenvalue weighted by Crippen LogP contribution is -2.05. The first-order valence-corrected chi connectivity index (χ1v) is 6.43. The van der Waals surface area contributed by atoms with Gasteiger partial charge in [0.2, 0.25) is 0 Å². The molecule has 2 N–H and O–H groups in total. The Morgan fingerprint density at radius 1 is 1.20 bits per heavy atom. The van der Waals surface area contributed by atoms with Crippen molar-refractivity contribution in [1.29, 1.82) is 5.26 Å². The third-order valence-corrected chi connectivity index (χ3v) is 3.28. The molecule has 0 fully saturated rings. The highest BCUT2D eigenvalue weighted by Gasteiger charge is 2.13. The van der Waals surface area contributed by atoms with Crippen LogP contribution in [-0.4, -0.2) is 4.98 Å². The molecule has 2 aromatic rings. The number of aryl methyl sites for hydroxylation is 3. The number of hydrogen-bond donors (Lipinski definition) is 1. The summed E-state index contributed by atoms with van der Waals surface area (Å²) < 4.78 is 0. The van der Waals surface area contributed by atoms with Crippen LogP contribution in [0.4, 0.5) is 0 Å². The van der Waals surface area contributed by atoms with Gasteiger partial charge in [-0.25, -0.2) is 0 Å². The highest BCUT2D eigenvalue weighted by Crippen LogP contribution is 2.27. The van der Waals surface area contributed by atoms with Crippen LogP contribution in [0.1, 0.15) is 27.8 Å². The minimum absolute atomic E-state index is 0.466. The van der Waals surface area contributed by atoms with Crippen molar-refractivity contribution in [2.24, 2.45) is 5.73 Å². The van der Waals surface area contributed by atoms with E-state index < -0.39 is 0 Å². The van der Waals surface area contributed by atoms with E-state index in [9.17, 15) is 5.26 Å². The van der Waals surface area contributed by atoms with Crippen LogP contribution in [0.25, 0.3) is 11.3 Å². The van der Waals surface area contributed by atoms with E-state index in [-0.39, 0.29) is 0 Å². The molecule has 0 aliphatic heterocycles. The second-order valence-electron chi connectivity index (χ2n) is 4.92. The zero-order chi connectivity index (χ0) is 14.7. The Morgan fingerprint density at radius 3 is 2.35 bits per heavy atom. The zero-order valence-electron chi connectivity index (χ0n) is 11.9. The van der Waals surface area contributed by atoms with Gasteiger partial charge in [-0.1, -0.05) is 23.8 Å². The molecule has 0 radical (unpaired) electrons. The van der Waals surface area contributed by atoms with Crippen LogP contribution in [0, 0.1) is 32.1 Å². The number of aromatic nitrogens is 1. The summed E-state index contributed by atoms with van der Waals surface area (Å²) in [5, 5.41) is 9.43. The molecule has 0 atom stereocenters. The Bertz CT molecular complexity index is 684. The molecule has 20 heavy (non-hydrogen) atoms. The van der Waals surface area contributed by atoms with Gasteiger partial charge in [0, 0.05) is 23.5 Å². The first-order chi connectivity index (χ1) is 9.54. The van der Waals surface area contributed by atoms with E-state index in [4.69, 9.17) is 5.73 Å². The number of allylic oxidation sites excluding steroid dienone is 1. The molecule has 1 aromatic heterocycles. The molecule has 0 unspecified atom stereocenters. The third-order valence-electron chi connectivity index (χ3n) is 3.28. The smallest absolute Gasteiger partial charge is 0.102 e. The van der Waals surface area contributed by atoms with Crippen molar-refractivity contribution in [2.45, 2.75) is 20.8 Å². The van der Waals surface area contributed by atoms with Gasteiger partial charge in [-0.3, -0.25) is 4.98 Å². The average molecular weight is 263 g/mol. The quantitative estimate of drug-likeness (QED) is 0.845. The molecule has 3 nitrogen and oxygen atoms in total. The second kappa shape index (κ2) is 5.58. The van der Waals surface area contributed by atoms with Gasteiger partial charge >= 0.3 is 0 Å². The van der Waals surface area contributed by atoms with E-state index >= 15 is 0 Å². The minimum Gasteiger partial charge on any atom is -0.397 e. The molecule has 0 bridgehead atoms.